The molecule has 1 atom stereocenters. The van der Waals surface area contributed by atoms with Gasteiger partial charge in [-0.1, -0.05) is 41.0 Å². The van der Waals surface area contributed by atoms with Crippen molar-refractivity contribution in [2.24, 2.45) is 11.1 Å². The number of hydrogen-bond donors (Lipinski definition) is 1. The molecule has 0 aromatic heterocycles. The van der Waals surface area contributed by atoms with E-state index in [1.807, 2.05) is 0 Å². The monoisotopic (exact) mass is 242 g/mol. The second-order valence-corrected chi connectivity index (χ2v) is 6.89. The molecule has 0 amide bonds. The minimum Gasteiger partial charge on any atom is -0.326 e. The summed E-state index contributed by atoms with van der Waals surface area (Å²) in [7, 11) is 0. The summed E-state index contributed by atoms with van der Waals surface area (Å²) in [6, 6.07) is 0.268. The molecule has 0 aromatic carbocycles. The van der Waals surface area contributed by atoms with Crippen LogP contribution in [0.15, 0.2) is 0 Å². The summed E-state index contributed by atoms with van der Waals surface area (Å²) >= 11 is 0. The molecule has 0 aromatic rings. The second-order valence-electron chi connectivity index (χ2n) is 6.89. The number of nitrogens with zero attached hydrogens (tertiary/aromatic N) is 1. The van der Waals surface area contributed by atoms with Crippen LogP contribution in [0.25, 0.3) is 0 Å². The summed E-state index contributed by atoms with van der Waals surface area (Å²) < 4.78 is 0. The maximum absolute atomic E-state index is 6.39. The molecule has 0 bridgehead atoms. The first-order chi connectivity index (χ1) is 7.65. The third kappa shape index (κ3) is 5.87. The lowest BCUT2D eigenvalue weighted by molar-refractivity contribution is 0.101. The van der Waals surface area contributed by atoms with Gasteiger partial charge in [-0.25, -0.2) is 0 Å². The molecule has 0 fully saturated rings. The van der Waals surface area contributed by atoms with Gasteiger partial charge in [-0.05, 0) is 45.2 Å². The van der Waals surface area contributed by atoms with Gasteiger partial charge in [-0.3, -0.25) is 4.90 Å². The lowest BCUT2D eigenvalue weighted by Gasteiger charge is -2.42. The topological polar surface area (TPSA) is 29.3 Å². The van der Waals surface area contributed by atoms with Crippen molar-refractivity contribution < 1.29 is 0 Å². The van der Waals surface area contributed by atoms with E-state index in [1.54, 1.807) is 0 Å². The van der Waals surface area contributed by atoms with E-state index >= 15 is 0 Å². The smallest absolute Gasteiger partial charge is 0.0303 e. The van der Waals surface area contributed by atoms with Gasteiger partial charge in [-0.15, -0.1) is 0 Å². The molecule has 2 heteroatoms. The van der Waals surface area contributed by atoms with Crippen molar-refractivity contribution in [2.45, 2.75) is 79.3 Å². The Hall–Kier alpha value is -0.0800. The molecule has 0 aliphatic heterocycles. The first-order valence-electron chi connectivity index (χ1n) is 7.15. The van der Waals surface area contributed by atoms with E-state index in [-0.39, 0.29) is 11.6 Å². The molecule has 0 heterocycles. The van der Waals surface area contributed by atoms with Crippen LogP contribution in [0.1, 0.15) is 67.7 Å². The van der Waals surface area contributed by atoms with E-state index in [4.69, 9.17) is 5.73 Å². The highest BCUT2D eigenvalue weighted by Crippen LogP contribution is 2.25. The molecule has 0 saturated carbocycles. The van der Waals surface area contributed by atoms with Crippen LogP contribution in [0.3, 0.4) is 0 Å². The van der Waals surface area contributed by atoms with E-state index in [2.05, 4.69) is 53.4 Å². The number of likely N-dealkylation sites (N-methyl/N-ethyl adjacent to an activating group) is 1. The van der Waals surface area contributed by atoms with Crippen LogP contribution in [0, 0.1) is 5.41 Å². The zero-order valence-electron chi connectivity index (χ0n) is 13.1. The number of hydrogen-bond acceptors (Lipinski definition) is 2. The molecule has 0 spiro atoms. The van der Waals surface area contributed by atoms with Gasteiger partial charge in [0.15, 0.2) is 0 Å². The highest BCUT2D eigenvalue weighted by atomic mass is 15.2. The molecular formula is C15H34N2. The van der Waals surface area contributed by atoms with Gasteiger partial charge in [0.05, 0.1) is 0 Å². The van der Waals surface area contributed by atoms with Crippen molar-refractivity contribution in [1.82, 2.24) is 4.90 Å². The van der Waals surface area contributed by atoms with Crippen LogP contribution < -0.4 is 5.73 Å². The molecule has 1 unspecified atom stereocenters. The Morgan fingerprint density at radius 1 is 1.00 bits per heavy atom. The zero-order chi connectivity index (χ0) is 13.7. The van der Waals surface area contributed by atoms with E-state index < -0.39 is 0 Å². The Kier molecular flexibility index (Phi) is 6.71. The molecule has 2 nitrogen and oxygen atoms in total. The Morgan fingerprint density at radius 3 is 1.82 bits per heavy atom. The van der Waals surface area contributed by atoms with E-state index in [1.165, 1.54) is 12.8 Å². The minimum absolute atomic E-state index is 0.112. The molecule has 2 N–H and O–H groups in total. The molecule has 17 heavy (non-hydrogen) atoms. The molecule has 0 aliphatic carbocycles. The van der Waals surface area contributed by atoms with Gasteiger partial charge in [0.1, 0.15) is 0 Å². The number of nitrogens with two attached hydrogens (primary N) is 1. The normalized spacial score (nSPS) is 15.4. The standard InChI is InChI=1S/C15H34N2/c1-8-17(9-2)15(6,7)13(16)11-10-12-14(3,4)5/h13H,8-12,16H2,1-7H3. The first kappa shape index (κ1) is 16.9. The summed E-state index contributed by atoms with van der Waals surface area (Å²) in [6.07, 6.45) is 3.62. The van der Waals surface area contributed by atoms with Gasteiger partial charge >= 0.3 is 0 Å². The number of rotatable bonds is 7. The van der Waals surface area contributed by atoms with E-state index in [0.29, 0.717) is 5.41 Å². The van der Waals surface area contributed by atoms with Crippen LogP contribution in [-0.2, 0) is 0 Å². The Morgan fingerprint density at radius 2 is 1.47 bits per heavy atom. The average molecular weight is 242 g/mol. The molecule has 0 saturated heterocycles. The lowest BCUT2D eigenvalue weighted by Crippen LogP contribution is -2.55. The average Bonchev–Trinajstić information content (AvgIpc) is 2.16. The fraction of sp³-hybridized carbons (Fsp3) is 1.00. The fourth-order valence-electron chi connectivity index (χ4n) is 2.48. The van der Waals surface area contributed by atoms with Crippen LogP contribution in [0.5, 0.6) is 0 Å². The van der Waals surface area contributed by atoms with Crippen molar-refractivity contribution in [3.8, 4) is 0 Å². The maximum Gasteiger partial charge on any atom is 0.0303 e. The van der Waals surface area contributed by atoms with Gasteiger partial charge in [0.2, 0.25) is 0 Å². The zero-order valence-corrected chi connectivity index (χ0v) is 13.1. The van der Waals surface area contributed by atoms with Crippen molar-refractivity contribution in [2.75, 3.05) is 13.1 Å². The Bertz CT molecular complexity index is 199. The van der Waals surface area contributed by atoms with Gasteiger partial charge in [0.25, 0.3) is 0 Å². The summed E-state index contributed by atoms with van der Waals surface area (Å²) in [5, 5.41) is 0. The molecule has 0 rings (SSSR count). The maximum atomic E-state index is 6.39. The third-order valence-electron chi connectivity index (χ3n) is 3.93. The molecule has 0 radical (unpaired) electrons. The van der Waals surface area contributed by atoms with Gasteiger partial charge in [0, 0.05) is 11.6 Å². The van der Waals surface area contributed by atoms with Crippen LogP contribution in [-0.4, -0.2) is 29.6 Å². The quantitative estimate of drug-likeness (QED) is 0.738. The van der Waals surface area contributed by atoms with Crippen molar-refractivity contribution in [1.29, 1.82) is 0 Å². The second kappa shape index (κ2) is 6.75. The predicted octanol–water partition coefficient (Wildman–Crippen LogP) is 3.65. The first-order valence-corrected chi connectivity index (χ1v) is 7.15. The molecular weight excluding hydrogens is 208 g/mol. The minimum atomic E-state index is 0.112. The predicted molar refractivity (Wildman–Crippen MR) is 78.3 cm³/mol. The largest absolute Gasteiger partial charge is 0.326 e. The lowest BCUT2D eigenvalue weighted by atomic mass is 9.85. The van der Waals surface area contributed by atoms with Gasteiger partial charge in [-0.2, -0.15) is 0 Å². The van der Waals surface area contributed by atoms with Crippen LogP contribution >= 0.6 is 0 Å². The highest BCUT2D eigenvalue weighted by molar-refractivity contribution is 4.91. The van der Waals surface area contributed by atoms with Crippen LogP contribution in [0.4, 0.5) is 0 Å². The SMILES string of the molecule is CCN(CC)C(C)(C)C(N)CCCC(C)(C)C. The summed E-state index contributed by atoms with van der Waals surface area (Å²) in [5.74, 6) is 0. The van der Waals surface area contributed by atoms with Gasteiger partial charge < -0.3 is 5.73 Å². The summed E-state index contributed by atoms with van der Waals surface area (Å²) in [6.45, 7) is 18.0. The van der Waals surface area contributed by atoms with Crippen molar-refractivity contribution >= 4 is 0 Å². The molecule has 0 aliphatic rings. The Balaban J connectivity index is 4.24. The Labute approximate surface area is 109 Å². The van der Waals surface area contributed by atoms with E-state index in [9.17, 15) is 0 Å². The van der Waals surface area contributed by atoms with E-state index in [0.717, 1.165) is 19.5 Å². The van der Waals surface area contributed by atoms with Crippen LogP contribution in [0.2, 0.25) is 0 Å². The fourth-order valence-corrected chi connectivity index (χ4v) is 2.48. The molecule has 104 valence electrons. The summed E-state index contributed by atoms with van der Waals surface area (Å²) in [5.41, 5.74) is 6.93. The van der Waals surface area contributed by atoms with Crippen molar-refractivity contribution in [3.05, 3.63) is 0 Å². The third-order valence-corrected chi connectivity index (χ3v) is 3.93. The summed E-state index contributed by atoms with van der Waals surface area (Å²) in [4.78, 5) is 2.47. The highest BCUT2D eigenvalue weighted by Gasteiger charge is 2.31. The van der Waals surface area contributed by atoms with Crippen molar-refractivity contribution in [3.63, 3.8) is 0 Å².